The van der Waals surface area contributed by atoms with Gasteiger partial charge >= 0.3 is 5.97 Å². The van der Waals surface area contributed by atoms with Gasteiger partial charge in [-0.25, -0.2) is 0 Å². The van der Waals surface area contributed by atoms with Crippen molar-refractivity contribution in [2.24, 2.45) is 0 Å². The minimum atomic E-state index is -0.924. The molecule has 0 amide bonds. The summed E-state index contributed by atoms with van der Waals surface area (Å²) in [5.74, 6) is -0.860. The number of hydrogen-bond donors (Lipinski definition) is 2. The van der Waals surface area contributed by atoms with Crippen LogP contribution in [0.3, 0.4) is 0 Å². The van der Waals surface area contributed by atoms with Gasteiger partial charge in [0.2, 0.25) is 0 Å². The Morgan fingerprint density at radius 1 is 1.79 bits per heavy atom. The molecule has 0 radical (unpaired) electrons. The lowest BCUT2D eigenvalue weighted by molar-refractivity contribution is -0.148. The van der Waals surface area contributed by atoms with E-state index in [9.17, 15) is 9.59 Å². The van der Waals surface area contributed by atoms with E-state index in [0.29, 0.717) is 19.5 Å². The molecule has 0 saturated carbocycles. The third-order valence-electron chi connectivity index (χ3n) is 2.93. The van der Waals surface area contributed by atoms with E-state index in [0.717, 1.165) is 12.7 Å². The second-order valence-corrected chi connectivity index (χ2v) is 4.32. The third kappa shape index (κ3) is 1.79. The normalized spacial score (nSPS) is 33.1. The first-order valence-electron chi connectivity index (χ1n) is 4.63. The predicted octanol–water partition coefficient (Wildman–Crippen LogP) is 0.423. The Hall–Kier alpha value is -0.550. The summed E-state index contributed by atoms with van der Waals surface area (Å²) in [6.07, 6.45) is 1.95. The molecule has 4 nitrogen and oxygen atoms in total. The predicted molar refractivity (Wildman–Crippen MR) is 55.7 cm³/mol. The molecule has 2 atom stereocenters. The maximum Gasteiger partial charge on any atom is 0.324 e. The lowest BCUT2D eigenvalue weighted by atomic mass is 9.98. The molecule has 0 aliphatic carbocycles. The van der Waals surface area contributed by atoms with Crippen molar-refractivity contribution in [3.8, 4) is 0 Å². The van der Waals surface area contributed by atoms with Crippen LogP contribution in [0.4, 0.5) is 0 Å². The van der Waals surface area contributed by atoms with Gasteiger partial charge in [-0.2, -0.15) is 12.6 Å². The third-order valence-corrected chi connectivity index (χ3v) is 3.69. The number of rotatable bonds is 4. The van der Waals surface area contributed by atoms with Crippen LogP contribution in [0.1, 0.15) is 19.8 Å². The zero-order valence-corrected chi connectivity index (χ0v) is 9.04. The fourth-order valence-corrected chi connectivity index (χ4v) is 2.22. The first-order chi connectivity index (χ1) is 6.53. The number of carbonyl (C=O) groups excluding carboxylic acids is 1. The first kappa shape index (κ1) is 11.5. The lowest BCUT2D eigenvalue weighted by Crippen LogP contribution is -2.53. The van der Waals surface area contributed by atoms with Crippen molar-refractivity contribution < 1.29 is 14.7 Å². The molecule has 14 heavy (non-hydrogen) atoms. The zero-order chi connectivity index (χ0) is 10.8. The van der Waals surface area contributed by atoms with E-state index in [1.807, 2.05) is 4.90 Å². The molecule has 1 aliphatic heterocycles. The molecule has 1 unspecified atom stereocenters. The Labute approximate surface area is 88.7 Å². The van der Waals surface area contributed by atoms with Gasteiger partial charge in [0.1, 0.15) is 11.8 Å². The van der Waals surface area contributed by atoms with Gasteiger partial charge in [-0.3, -0.25) is 9.69 Å². The van der Waals surface area contributed by atoms with Crippen molar-refractivity contribution in [1.29, 1.82) is 0 Å². The van der Waals surface area contributed by atoms with Crippen LogP contribution in [0.25, 0.3) is 0 Å². The highest BCUT2D eigenvalue weighted by Crippen LogP contribution is 2.33. The quantitative estimate of drug-likeness (QED) is 0.529. The number of carboxylic acid groups (broad SMARTS) is 1. The van der Waals surface area contributed by atoms with Crippen molar-refractivity contribution in [2.75, 3.05) is 13.1 Å². The number of carbonyl (C=O) groups is 2. The van der Waals surface area contributed by atoms with Gasteiger partial charge < -0.3 is 9.90 Å². The number of likely N-dealkylation sites (tertiary alicyclic amines) is 1. The molecule has 80 valence electrons. The summed E-state index contributed by atoms with van der Waals surface area (Å²) in [6.45, 7) is 2.87. The standard InChI is InChI=1S/C9H15NO3S/c1-9(8(12)13)7(14)3-5-10(9)4-2-6-11/h6-7,14H,2-5H2,1H3,(H,12,13)/t7?,9-/m0/s1. The van der Waals surface area contributed by atoms with E-state index < -0.39 is 11.5 Å². The summed E-state index contributed by atoms with van der Waals surface area (Å²) in [7, 11) is 0. The summed E-state index contributed by atoms with van der Waals surface area (Å²) < 4.78 is 0. The van der Waals surface area contributed by atoms with Crippen LogP contribution < -0.4 is 0 Å². The Balaban J connectivity index is 2.75. The number of aldehydes is 1. The molecule has 0 aromatic rings. The van der Waals surface area contributed by atoms with Gasteiger partial charge in [0, 0.05) is 24.8 Å². The van der Waals surface area contributed by atoms with E-state index in [1.54, 1.807) is 6.92 Å². The van der Waals surface area contributed by atoms with Crippen LogP contribution in [0.5, 0.6) is 0 Å². The maximum atomic E-state index is 11.1. The first-order valence-corrected chi connectivity index (χ1v) is 5.15. The zero-order valence-electron chi connectivity index (χ0n) is 8.14. The summed E-state index contributed by atoms with van der Waals surface area (Å²) in [5, 5.41) is 8.97. The van der Waals surface area contributed by atoms with Gasteiger partial charge in [0.25, 0.3) is 0 Å². The average molecular weight is 217 g/mol. The minimum absolute atomic E-state index is 0.161. The van der Waals surface area contributed by atoms with Crippen LogP contribution in [0.2, 0.25) is 0 Å². The van der Waals surface area contributed by atoms with Crippen LogP contribution in [-0.4, -0.2) is 46.1 Å². The molecule has 0 spiro atoms. The molecule has 5 heteroatoms. The van der Waals surface area contributed by atoms with Crippen LogP contribution in [0.15, 0.2) is 0 Å². The minimum Gasteiger partial charge on any atom is -0.480 e. The lowest BCUT2D eigenvalue weighted by Gasteiger charge is -2.33. The molecule has 1 saturated heterocycles. The van der Waals surface area contributed by atoms with Gasteiger partial charge in [-0.15, -0.1) is 0 Å². The van der Waals surface area contributed by atoms with Gasteiger partial charge in [0.15, 0.2) is 0 Å². The van der Waals surface area contributed by atoms with E-state index in [-0.39, 0.29) is 5.25 Å². The number of thiol groups is 1. The summed E-state index contributed by atoms with van der Waals surface area (Å²) in [6, 6.07) is 0. The van der Waals surface area contributed by atoms with Gasteiger partial charge in [-0.1, -0.05) is 0 Å². The van der Waals surface area contributed by atoms with Crippen molar-refractivity contribution in [3.05, 3.63) is 0 Å². The van der Waals surface area contributed by atoms with Crippen molar-refractivity contribution in [3.63, 3.8) is 0 Å². The van der Waals surface area contributed by atoms with Crippen LogP contribution >= 0.6 is 12.6 Å². The van der Waals surface area contributed by atoms with Gasteiger partial charge in [-0.05, 0) is 13.3 Å². The second kappa shape index (κ2) is 4.31. The molecule has 1 fully saturated rings. The second-order valence-electron chi connectivity index (χ2n) is 3.70. The molecular formula is C9H15NO3S. The fraction of sp³-hybridized carbons (Fsp3) is 0.778. The molecule has 1 heterocycles. The van der Waals surface area contributed by atoms with Crippen molar-refractivity contribution in [1.82, 2.24) is 4.90 Å². The monoisotopic (exact) mass is 217 g/mol. The highest BCUT2D eigenvalue weighted by atomic mass is 32.1. The topological polar surface area (TPSA) is 57.6 Å². The summed E-state index contributed by atoms with van der Waals surface area (Å²) >= 11 is 4.28. The average Bonchev–Trinajstić information content (AvgIpc) is 2.42. The highest BCUT2D eigenvalue weighted by molar-refractivity contribution is 7.81. The maximum absolute atomic E-state index is 11.1. The molecule has 0 aromatic heterocycles. The Morgan fingerprint density at radius 2 is 2.43 bits per heavy atom. The van der Waals surface area contributed by atoms with Crippen LogP contribution in [-0.2, 0) is 9.59 Å². The molecule has 1 N–H and O–H groups in total. The van der Waals surface area contributed by atoms with Crippen molar-refractivity contribution >= 4 is 24.9 Å². The highest BCUT2D eigenvalue weighted by Gasteiger charge is 2.49. The van der Waals surface area contributed by atoms with E-state index in [4.69, 9.17) is 5.11 Å². The van der Waals surface area contributed by atoms with E-state index >= 15 is 0 Å². The number of carboxylic acids is 1. The van der Waals surface area contributed by atoms with Gasteiger partial charge in [0.05, 0.1) is 0 Å². The summed E-state index contributed by atoms with van der Waals surface area (Å²) in [4.78, 5) is 23.2. The Kier molecular flexibility index (Phi) is 3.55. The smallest absolute Gasteiger partial charge is 0.324 e. The molecule has 0 aromatic carbocycles. The molecule has 1 aliphatic rings. The van der Waals surface area contributed by atoms with Crippen molar-refractivity contribution in [2.45, 2.75) is 30.6 Å². The number of hydrogen-bond acceptors (Lipinski definition) is 4. The van der Waals surface area contributed by atoms with E-state index in [2.05, 4.69) is 12.6 Å². The van der Waals surface area contributed by atoms with Crippen LogP contribution in [0, 0.1) is 0 Å². The Bertz CT molecular complexity index is 246. The molecule has 0 bridgehead atoms. The number of nitrogens with zero attached hydrogens (tertiary/aromatic N) is 1. The molecular weight excluding hydrogens is 202 g/mol. The fourth-order valence-electron chi connectivity index (χ4n) is 1.83. The SMILES string of the molecule is C[C@@]1(C(=O)O)C(S)CCN1CCC=O. The number of aliphatic carboxylic acids is 1. The largest absolute Gasteiger partial charge is 0.480 e. The summed E-state index contributed by atoms with van der Waals surface area (Å²) in [5.41, 5.74) is -0.924. The molecule has 1 rings (SSSR count). The Morgan fingerprint density at radius 3 is 2.93 bits per heavy atom. The van der Waals surface area contributed by atoms with E-state index in [1.165, 1.54) is 0 Å².